The van der Waals surface area contributed by atoms with Crippen molar-refractivity contribution in [3.63, 3.8) is 0 Å². The number of aliphatic imine (C=N–C) groups is 1. The third kappa shape index (κ3) is 3.61. The molecule has 1 N–H and O–H groups in total. The Labute approximate surface area is 199 Å². The van der Waals surface area contributed by atoms with E-state index in [1.165, 1.54) is 6.07 Å². The van der Waals surface area contributed by atoms with Gasteiger partial charge < -0.3 is 9.88 Å². The number of benzene rings is 3. The third-order valence-corrected chi connectivity index (χ3v) is 6.62. The summed E-state index contributed by atoms with van der Waals surface area (Å²) in [6.07, 6.45) is 2.71. The summed E-state index contributed by atoms with van der Waals surface area (Å²) < 4.78 is 15.1. The van der Waals surface area contributed by atoms with E-state index < -0.39 is 5.54 Å². The second-order valence-electron chi connectivity index (χ2n) is 9.42. The molecule has 0 radical (unpaired) electrons. The van der Waals surface area contributed by atoms with Gasteiger partial charge in [0.15, 0.2) is 5.54 Å². The van der Waals surface area contributed by atoms with Crippen LogP contribution < -0.4 is 4.90 Å². The van der Waals surface area contributed by atoms with Crippen LogP contribution in [0.3, 0.4) is 0 Å². The normalized spacial score (nSPS) is 18.2. The van der Waals surface area contributed by atoms with Gasteiger partial charge in [0.1, 0.15) is 5.82 Å². The molecule has 5 heteroatoms. The molecule has 0 bridgehead atoms. The van der Waals surface area contributed by atoms with E-state index in [4.69, 9.17) is 4.99 Å². The standard InChI is InChI=1S/C29H28FN3O/c1-19(2)16-17-33-26-15-9-6-12-22(26)27(21-11-4-7-13-24(21)30)32-29(3,28(33)34)23-18-31-25-14-8-5-10-20(23)25/h4-15,18-19,31H,16-17H2,1-3H3/t29-/m1/s1. The van der Waals surface area contributed by atoms with Gasteiger partial charge in [-0.1, -0.05) is 62.4 Å². The number of H-pyrrole nitrogens is 1. The second kappa shape index (κ2) is 8.56. The molecule has 5 rings (SSSR count). The highest BCUT2D eigenvalue weighted by Gasteiger charge is 2.44. The van der Waals surface area contributed by atoms with Crippen molar-refractivity contribution in [2.45, 2.75) is 32.7 Å². The van der Waals surface area contributed by atoms with Gasteiger partial charge in [-0.3, -0.25) is 9.79 Å². The molecule has 0 unspecified atom stereocenters. The number of anilines is 1. The van der Waals surface area contributed by atoms with Gasteiger partial charge in [0, 0.05) is 40.3 Å². The fourth-order valence-electron chi connectivity index (χ4n) is 4.73. The summed E-state index contributed by atoms with van der Waals surface area (Å²) in [4.78, 5) is 24.6. The molecule has 1 aromatic heterocycles. The maximum Gasteiger partial charge on any atom is 0.259 e. The number of hydrogen-bond donors (Lipinski definition) is 1. The Morgan fingerprint density at radius 3 is 2.41 bits per heavy atom. The first-order valence-corrected chi connectivity index (χ1v) is 11.7. The fraction of sp³-hybridized carbons (Fsp3) is 0.241. The van der Waals surface area contributed by atoms with E-state index in [9.17, 15) is 4.79 Å². The zero-order valence-electron chi connectivity index (χ0n) is 19.7. The molecule has 2 heterocycles. The number of rotatable bonds is 5. The Hall–Kier alpha value is -3.73. The first-order valence-electron chi connectivity index (χ1n) is 11.7. The summed E-state index contributed by atoms with van der Waals surface area (Å²) in [6.45, 7) is 6.70. The van der Waals surface area contributed by atoms with E-state index in [1.54, 1.807) is 18.2 Å². The maximum absolute atomic E-state index is 15.1. The highest BCUT2D eigenvalue weighted by Crippen LogP contribution is 2.40. The van der Waals surface area contributed by atoms with Gasteiger partial charge in [0.05, 0.1) is 11.4 Å². The number of fused-ring (bicyclic) bond motifs is 2. The minimum absolute atomic E-state index is 0.114. The number of amides is 1. The number of hydrogen-bond acceptors (Lipinski definition) is 2. The fourth-order valence-corrected chi connectivity index (χ4v) is 4.73. The van der Waals surface area contributed by atoms with E-state index in [-0.39, 0.29) is 11.7 Å². The number of halogens is 1. The van der Waals surface area contributed by atoms with Gasteiger partial charge in [-0.05, 0) is 43.5 Å². The highest BCUT2D eigenvalue weighted by atomic mass is 19.1. The first kappa shape index (κ1) is 22.1. The van der Waals surface area contributed by atoms with Crippen LogP contribution in [0.4, 0.5) is 10.1 Å². The van der Waals surface area contributed by atoms with Crippen LogP contribution in [-0.2, 0) is 10.3 Å². The van der Waals surface area contributed by atoms with Crippen LogP contribution in [0.25, 0.3) is 10.9 Å². The SMILES string of the molecule is CC(C)CCN1C(=O)[C@@](C)(c2c[nH]c3ccccc23)N=C(c2ccccc2F)c2ccccc21. The van der Waals surface area contributed by atoms with Crippen molar-refractivity contribution < 1.29 is 9.18 Å². The molecule has 0 saturated heterocycles. The minimum atomic E-state index is -1.24. The van der Waals surface area contributed by atoms with Crippen molar-refractivity contribution >= 4 is 28.2 Å². The summed E-state index contributed by atoms with van der Waals surface area (Å²) in [5.74, 6) is -0.0494. The zero-order valence-corrected chi connectivity index (χ0v) is 19.7. The second-order valence-corrected chi connectivity index (χ2v) is 9.42. The van der Waals surface area contributed by atoms with Crippen LogP contribution in [0.1, 0.15) is 43.9 Å². The van der Waals surface area contributed by atoms with Gasteiger partial charge in [-0.15, -0.1) is 0 Å². The smallest absolute Gasteiger partial charge is 0.259 e. The molecule has 34 heavy (non-hydrogen) atoms. The molecule has 1 atom stereocenters. The number of nitrogens with zero attached hydrogens (tertiary/aromatic N) is 2. The number of carbonyl (C=O) groups excluding carboxylic acids is 1. The summed E-state index contributed by atoms with van der Waals surface area (Å²) in [5.41, 5.74) is 2.87. The minimum Gasteiger partial charge on any atom is -0.361 e. The van der Waals surface area contributed by atoms with Crippen LogP contribution in [-0.4, -0.2) is 23.1 Å². The quantitative estimate of drug-likeness (QED) is 0.371. The predicted molar refractivity (Wildman–Crippen MR) is 136 cm³/mol. The Kier molecular flexibility index (Phi) is 5.56. The molecule has 0 saturated carbocycles. The Morgan fingerprint density at radius 2 is 1.65 bits per heavy atom. The summed E-state index contributed by atoms with van der Waals surface area (Å²) in [5, 5.41) is 0.935. The molecule has 172 valence electrons. The van der Waals surface area contributed by atoms with Gasteiger partial charge in [-0.25, -0.2) is 4.39 Å². The molecule has 4 aromatic rings. The van der Waals surface area contributed by atoms with Gasteiger partial charge in [-0.2, -0.15) is 0 Å². The van der Waals surface area contributed by atoms with Gasteiger partial charge >= 0.3 is 0 Å². The molecule has 3 aromatic carbocycles. The lowest BCUT2D eigenvalue weighted by Gasteiger charge is -2.31. The molecule has 4 nitrogen and oxygen atoms in total. The van der Waals surface area contributed by atoms with E-state index >= 15 is 4.39 Å². The summed E-state index contributed by atoms with van der Waals surface area (Å²) in [7, 11) is 0. The van der Waals surface area contributed by atoms with Crippen LogP contribution in [0.2, 0.25) is 0 Å². The molecular formula is C29H28FN3O. The van der Waals surface area contributed by atoms with Crippen molar-refractivity contribution in [1.82, 2.24) is 4.98 Å². The molecule has 0 aliphatic carbocycles. The van der Waals surface area contributed by atoms with E-state index in [1.807, 2.05) is 66.6 Å². The lowest BCUT2D eigenvalue weighted by molar-refractivity contribution is -0.123. The van der Waals surface area contributed by atoms with E-state index in [0.29, 0.717) is 23.7 Å². The van der Waals surface area contributed by atoms with Crippen molar-refractivity contribution in [1.29, 1.82) is 0 Å². The van der Waals surface area contributed by atoms with Crippen LogP contribution in [0.5, 0.6) is 0 Å². The first-order chi connectivity index (χ1) is 16.4. The molecule has 0 fully saturated rings. The van der Waals surface area contributed by atoms with E-state index in [2.05, 4.69) is 18.8 Å². The van der Waals surface area contributed by atoms with Crippen molar-refractivity contribution in [3.8, 4) is 0 Å². The lowest BCUT2D eigenvalue weighted by Crippen LogP contribution is -2.44. The van der Waals surface area contributed by atoms with Crippen molar-refractivity contribution in [2.24, 2.45) is 10.9 Å². The number of para-hydroxylation sites is 2. The molecule has 1 amide bonds. The number of aromatic nitrogens is 1. The van der Waals surface area contributed by atoms with Crippen LogP contribution in [0.15, 0.2) is 84.0 Å². The topological polar surface area (TPSA) is 48.5 Å². The van der Waals surface area contributed by atoms with Crippen LogP contribution in [0, 0.1) is 11.7 Å². The molecule has 1 aliphatic heterocycles. The number of nitrogens with one attached hydrogen (secondary N) is 1. The monoisotopic (exact) mass is 453 g/mol. The molecule has 0 spiro atoms. The van der Waals surface area contributed by atoms with Crippen LogP contribution >= 0.6 is 0 Å². The Balaban J connectivity index is 1.81. The maximum atomic E-state index is 15.1. The zero-order chi connectivity index (χ0) is 23.9. The average molecular weight is 454 g/mol. The number of carbonyl (C=O) groups is 1. The van der Waals surface area contributed by atoms with Crippen molar-refractivity contribution in [3.05, 3.63) is 102 Å². The lowest BCUT2D eigenvalue weighted by atomic mass is 9.90. The Morgan fingerprint density at radius 1 is 0.971 bits per heavy atom. The molecule has 1 aliphatic rings. The largest absolute Gasteiger partial charge is 0.361 e. The number of benzodiazepines with no additional fused rings is 1. The van der Waals surface area contributed by atoms with E-state index in [0.717, 1.165) is 34.1 Å². The van der Waals surface area contributed by atoms with Gasteiger partial charge in [0.25, 0.3) is 5.91 Å². The molecular weight excluding hydrogens is 425 g/mol. The average Bonchev–Trinajstić information content (AvgIpc) is 3.25. The third-order valence-electron chi connectivity index (χ3n) is 6.62. The number of aromatic amines is 1. The Bertz CT molecular complexity index is 1400. The summed E-state index contributed by atoms with van der Waals surface area (Å²) >= 11 is 0. The predicted octanol–water partition coefficient (Wildman–Crippen LogP) is 6.45. The highest BCUT2D eigenvalue weighted by molar-refractivity contribution is 6.21. The van der Waals surface area contributed by atoms with Gasteiger partial charge in [0.2, 0.25) is 0 Å². The van der Waals surface area contributed by atoms with Crippen molar-refractivity contribution in [2.75, 3.05) is 11.4 Å². The summed E-state index contributed by atoms with van der Waals surface area (Å²) in [6, 6.07) is 22.2.